The Kier molecular flexibility index (Phi) is 4.99. The second-order valence-corrected chi connectivity index (χ2v) is 7.10. The molecule has 4 heteroatoms. The Morgan fingerprint density at radius 3 is 2.26 bits per heavy atom. The lowest BCUT2D eigenvalue weighted by atomic mass is 10.00. The number of aryl methyl sites for hydroxylation is 2. The van der Waals surface area contributed by atoms with Crippen LogP contribution >= 0.6 is 55.1 Å². The van der Waals surface area contributed by atoms with Gasteiger partial charge in [-0.3, -0.25) is 0 Å². The molecule has 2 aromatic carbocycles. The number of hydrogen-bond acceptors (Lipinski definition) is 0. The van der Waals surface area contributed by atoms with Gasteiger partial charge in [0.05, 0.1) is 5.38 Å². The van der Waals surface area contributed by atoms with Crippen LogP contribution in [0.3, 0.4) is 0 Å². The Morgan fingerprint density at radius 1 is 0.947 bits per heavy atom. The minimum Gasteiger partial charge on any atom is -0.112 e. The number of halogens is 4. The van der Waals surface area contributed by atoms with Crippen LogP contribution in [0.4, 0.5) is 0 Å². The van der Waals surface area contributed by atoms with Gasteiger partial charge in [0.2, 0.25) is 0 Å². The Balaban J connectivity index is 2.52. The first-order valence-electron chi connectivity index (χ1n) is 5.76. The summed E-state index contributed by atoms with van der Waals surface area (Å²) >= 11 is 19.9. The lowest BCUT2D eigenvalue weighted by molar-refractivity contribution is 1.11. The first kappa shape index (κ1) is 15.4. The third kappa shape index (κ3) is 3.36. The van der Waals surface area contributed by atoms with Gasteiger partial charge in [-0.1, -0.05) is 49.5 Å². The minimum atomic E-state index is -0.279. The van der Waals surface area contributed by atoms with Crippen LogP contribution in [-0.2, 0) is 0 Å². The zero-order valence-electron chi connectivity index (χ0n) is 10.5. The van der Waals surface area contributed by atoms with Crippen molar-refractivity contribution in [2.45, 2.75) is 19.2 Å². The van der Waals surface area contributed by atoms with E-state index in [2.05, 4.69) is 44.8 Å². The van der Waals surface area contributed by atoms with Crippen LogP contribution in [0.2, 0.25) is 5.02 Å². The summed E-state index contributed by atoms with van der Waals surface area (Å²) in [4.78, 5) is 0. The van der Waals surface area contributed by atoms with Gasteiger partial charge in [0.15, 0.2) is 0 Å². The summed E-state index contributed by atoms with van der Waals surface area (Å²) in [5.74, 6) is 0. The molecule has 1 unspecified atom stereocenters. The Bertz CT molecular complexity index is 624. The predicted molar refractivity (Wildman–Crippen MR) is 90.5 cm³/mol. The van der Waals surface area contributed by atoms with E-state index >= 15 is 0 Å². The summed E-state index contributed by atoms with van der Waals surface area (Å²) in [5.41, 5.74) is 4.30. The van der Waals surface area contributed by atoms with Crippen molar-refractivity contribution in [3.8, 4) is 0 Å². The van der Waals surface area contributed by atoms with Gasteiger partial charge in [-0.25, -0.2) is 0 Å². The topological polar surface area (TPSA) is 0 Å². The van der Waals surface area contributed by atoms with E-state index in [1.165, 1.54) is 11.1 Å². The highest BCUT2D eigenvalue weighted by Crippen LogP contribution is 2.39. The summed E-state index contributed by atoms with van der Waals surface area (Å²) < 4.78 is 1.97. The molecule has 0 heterocycles. The molecule has 0 spiro atoms. The van der Waals surface area contributed by atoms with Crippen molar-refractivity contribution in [3.05, 3.63) is 66.6 Å². The fourth-order valence-electron chi connectivity index (χ4n) is 1.87. The third-order valence-electron chi connectivity index (χ3n) is 3.12. The minimum absolute atomic E-state index is 0.279. The zero-order valence-corrected chi connectivity index (χ0v) is 15.2. The van der Waals surface area contributed by atoms with E-state index in [9.17, 15) is 0 Å². The van der Waals surface area contributed by atoms with Gasteiger partial charge >= 0.3 is 0 Å². The molecule has 0 saturated heterocycles. The van der Waals surface area contributed by atoms with Crippen LogP contribution in [0.25, 0.3) is 0 Å². The van der Waals surface area contributed by atoms with Crippen molar-refractivity contribution in [2.24, 2.45) is 0 Å². The zero-order chi connectivity index (χ0) is 14.2. The molecule has 0 nitrogen and oxygen atoms in total. The molecule has 0 bridgehead atoms. The molecule has 2 aromatic rings. The molecule has 0 fully saturated rings. The molecule has 0 aliphatic carbocycles. The molecule has 0 radical (unpaired) electrons. The van der Waals surface area contributed by atoms with E-state index in [1.807, 2.05) is 31.2 Å². The van der Waals surface area contributed by atoms with E-state index in [0.717, 1.165) is 20.1 Å². The molecule has 100 valence electrons. The lowest BCUT2D eigenvalue weighted by Crippen LogP contribution is -1.98. The maximum absolute atomic E-state index is 6.60. The van der Waals surface area contributed by atoms with Crippen LogP contribution in [0.1, 0.15) is 27.6 Å². The fraction of sp³-hybridized carbons (Fsp3) is 0.200. The van der Waals surface area contributed by atoms with Gasteiger partial charge in [-0.15, -0.1) is 11.6 Å². The molecule has 2 rings (SSSR count). The first-order valence-corrected chi connectivity index (χ1v) is 8.16. The molecule has 1 atom stereocenters. The Labute approximate surface area is 140 Å². The molecule has 19 heavy (non-hydrogen) atoms. The highest BCUT2D eigenvalue weighted by Gasteiger charge is 2.18. The van der Waals surface area contributed by atoms with Crippen molar-refractivity contribution in [2.75, 3.05) is 0 Å². The van der Waals surface area contributed by atoms with E-state index in [-0.39, 0.29) is 5.38 Å². The van der Waals surface area contributed by atoms with Gasteiger partial charge in [0, 0.05) is 14.0 Å². The van der Waals surface area contributed by atoms with E-state index in [4.69, 9.17) is 23.2 Å². The molecule has 0 aromatic heterocycles. The van der Waals surface area contributed by atoms with Crippen molar-refractivity contribution in [3.63, 3.8) is 0 Å². The highest BCUT2D eigenvalue weighted by molar-refractivity contribution is 9.11. The van der Waals surface area contributed by atoms with Crippen molar-refractivity contribution in [1.82, 2.24) is 0 Å². The Hall–Kier alpha value is -0.0200. The van der Waals surface area contributed by atoms with Crippen LogP contribution < -0.4 is 0 Å². The molecular weight excluding hydrogens is 411 g/mol. The summed E-state index contributed by atoms with van der Waals surface area (Å²) in [6.07, 6.45) is 0. The van der Waals surface area contributed by atoms with Gasteiger partial charge < -0.3 is 0 Å². The number of hydrogen-bond donors (Lipinski definition) is 0. The van der Waals surface area contributed by atoms with Crippen molar-refractivity contribution < 1.29 is 0 Å². The van der Waals surface area contributed by atoms with Crippen LogP contribution in [0, 0.1) is 13.8 Å². The summed E-state index contributed by atoms with van der Waals surface area (Å²) in [7, 11) is 0. The van der Waals surface area contributed by atoms with Crippen LogP contribution in [0.5, 0.6) is 0 Å². The van der Waals surface area contributed by atoms with Gasteiger partial charge in [0.25, 0.3) is 0 Å². The second kappa shape index (κ2) is 6.17. The summed E-state index contributed by atoms with van der Waals surface area (Å²) in [6.45, 7) is 4.11. The Morgan fingerprint density at radius 2 is 1.58 bits per heavy atom. The van der Waals surface area contributed by atoms with Crippen molar-refractivity contribution >= 4 is 55.1 Å². The maximum atomic E-state index is 6.60. The largest absolute Gasteiger partial charge is 0.112 e. The quantitative estimate of drug-likeness (QED) is 0.466. The molecule has 0 saturated carbocycles. The standard InChI is InChI=1S/C15H12Br2Cl2/c1-8-5-12(14(18)6-9(8)2)15(19)11-7-10(16)3-4-13(11)17/h3-7,15H,1-2H3. The van der Waals surface area contributed by atoms with E-state index < -0.39 is 0 Å². The van der Waals surface area contributed by atoms with Gasteiger partial charge in [-0.2, -0.15) is 0 Å². The third-order valence-corrected chi connectivity index (χ3v) is 5.13. The normalized spacial score (nSPS) is 12.5. The van der Waals surface area contributed by atoms with Gasteiger partial charge in [0.1, 0.15) is 0 Å². The van der Waals surface area contributed by atoms with E-state index in [0.29, 0.717) is 5.02 Å². The number of alkyl halides is 1. The molecule has 0 N–H and O–H groups in total. The number of benzene rings is 2. The smallest absolute Gasteiger partial charge is 0.0861 e. The average Bonchev–Trinajstić information content (AvgIpc) is 2.36. The number of rotatable bonds is 2. The average molecular weight is 423 g/mol. The lowest BCUT2D eigenvalue weighted by Gasteiger charge is -2.16. The second-order valence-electron chi connectivity index (χ2n) is 4.49. The fourth-order valence-corrected chi connectivity index (χ4v) is 3.60. The van der Waals surface area contributed by atoms with Crippen LogP contribution in [-0.4, -0.2) is 0 Å². The highest BCUT2D eigenvalue weighted by atomic mass is 79.9. The SMILES string of the molecule is Cc1cc(Cl)c(C(Cl)c2cc(Br)ccc2Br)cc1C. The van der Waals surface area contributed by atoms with E-state index in [1.54, 1.807) is 0 Å². The molecule has 0 aliphatic rings. The molecule has 0 amide bonds. The first-order chi connectivity index (χ1) is 8.90. The summed E-state index contributed by atoms with van der Waals surface area (Å²) in [6, 6.07) is 9.98. The summed E-state index contributed by atoms with van der Waals surface area (Å²) in [5, 5.41) is 0.425. The molecule has 0 aliphatic heterocycles. The molecular formula is C15H12Br2Cl2. The predicted octanol–water partition coefficient (Wildman–Crippen LogP) is 6.81. The maximum Gasteiger partial charge on any atom is 0.0861 e. The van der Waals surface area contributed by atoms with Crippen molar-refractivity contribution in [1.29, 1.82) is 0 Å². The van der Waals surface area contributed by atoms with Gasteiger partial charge in [-0.05, 0) is 60.4 Å². The monoisotopic (exact) mass is 420 g/mol. The van der Waals surface area contributed by atoms with Crippen LogP contribution in [0.15, 0.2) is 39.3 Å².